The van der Waals surface area contributed by atoms with Crippen molar-refractivity contribution in [1.29, 1.82) is 5.26 Å². The number of unbranched alkanes of at least 4 members (excludes halogenated alkanes) is 2. The zero-order chi connectivity index (χ0) is 8.36. The molecule has 0 radical (unpaired) electrons. The predicted octanol–water partition coefficient (Wildman–Crippen LogP) is 2.62. The first-order valence-corrected chi connectivity index (χ1v) is 4.05. The largest absolute Gasteiger partial charge is 0.500 e. The molecule has 0 aromatic rings. The fraction of sp³-hybridized carbons (Fsp3) is 0.667. The van der Waals surface area contributed by atoms with Gasteiger partial charge in [-0.15, -0.1) is 0 Å². The summed E-state index contributed by atoms with van der Waals surface area (Å²) in [6.07, 6.45) is 7.65. The normalized spacial score (nSPS) is 9.82. The second-order valence-corrected chi connectivity index (χ2v) is 2.29. The minimum Gasteiger partial charge on any atom is -0.500 e. The van der Waals surface area contributed by atoms with Crippen LogP contribution in [0.25, 0.3) is 0 Å². The molecule has 0 saturated heterocycles. The fourth-order valence-corrected chi connectivity index (χ4v) is 0.631. The number of nitriles is 1. The number of hydrogen-bond acceptors (Lipinski definition) is 2. The van der Waals surface area contributed by atoms with Crippen molar-refractivity contribution in [3.05, 3.63) is 12.3 Å². The summed E-state index contributed by atoms with van der Waals surface area (Å²) in [7, 11) is 0. The highest BCUT2D eigenvalue weighted by molar-refractivity contribution is 4.74. The zero-order valence-corrected chi connectivity index (χ0v) is 7.05. The molecule has 0 fully saturated rings. The van der Waals surface area contributed by atoms with Crippen LogP contribution in [0, 0.1) is 11.3 Å². The van der Waals surface area contributed by atoms with Crippen LogP contribution >= 0.6 is 0 Å². The lowest BCUT2D eigenvalue weighted by molar-refractivity contribution is 0.256. The minimum atomic E-state index is 0.470. The summed E-state index contributed by atoms with van der Waals surface area (Å²) in [4.78, 5) is 0. The molecule has 0 aromatic heterocycles. The van der Waals surface area contributed by atoms with Gasteiger partial charge in [0.25, 0.3) is 0 Å². The highest BCUT2D eigenvalue weighted by Gasteiger charge is 1.80. The van der Waals surface area contributed by atoms with E-state index in [0.29, 0.717) is 13.0 Å². The van der Waals surface area contributed by atoms with Crippen molar-refractivity contribution < 1.29 is 4.74 Å². The van der Waals surface area contributed by atoms with E-state index < -0.39 is 0 Å². The first kappa shape index (κ1) is 10.0. The zero-order valence-electron chi connectivity index (χ0n) is 7.05. The Hall–Kier alpha value is -0.970. The summed E-state index contributed by atoms with van der Waals surface area (Å²) in [6, 6.07) is 2.01. The SMILES string of the molecule is CCCC/C=C/OCCC#N. The van der Waals surface area contributed by atoms with Crippen molar-refractivity contribution in [2.24, 2.45) is 0 Å². The van der Waals surface area contributed by atoms with E-state index in [-0.39, 0.29) is 0 Å². The van der Waals surface area contributed by atoms with Crippen LogP contribution < -0.4 is 0 Å². The average Bonchev–Trinajstić information content (AvgIpc) is 2.03. The van der Waals surface area contributed by atoms with E-state index in [1.165, 1.54) is 12.8 Å². The summed E-state index contributed by atoms with van der Waals surface area (Å²) < 4.78 is 5.02. The molecule has 0 aliphatic heterocycles. The van der Waals surface area contributed by atoms with E-state index in [2.05, 4.69) is 6.92 Å². The molecule has 0 aliphatic rings. The Bertz CT molecular complexity index is 135. The monoisotopic (exact) mass is 153 g/mol. The van der Waals surface area contributed by atoms with E-state index in [0.717, 1.165) is 6.42 Å². The van der Waals surface area contributed by atoms with E-state index in [1.807, 2.05) is 12.1 Å². The summed E-state index contributed by atoms with van der Waals surface area (Å²) >= 11 is 0. The molecular weight excluding hydrogens is 138 g/mol. The number of rotatable bonds is 6. The topological polar surface area (TPSA) is 33.0 Å². The summed E-state index contributed by atoms with van der Waals surface area (Å²) in [5.74, 6) is 0. The Kier molecular flexibility index (Phi) is 8.23. The summed E-state index contributed by atoms with van der Waals surface area (Å²) in [5, 5.41) is 8.15. The Labute approximate surface area is 68.5 Å². The van der Waals surface area contributed by atoms with Crippen LogP contribution in [0.2, 0.25) is 0 Å². The highest BCUT2D eigenvalue weighted by Crippen LogP contribution is 1.94. The van der Waals surface area contributed by atoms with Crippen LogP contribution in [0.15, 0.2) is 12.3 Å². The molecule has 2 heteroatoms. The Balaban J connectivity index is 2.98. The van der Waals surface area contributed by atoms with E-state index >= 15 is 0 Å². The van der Waals surface area contributed by atoms with Crippen molar-refractivity contribution in [2.45, 2.75) is 32.6 Å². The first-order chi connectivity index (χ1) is 5.41. The molecular formula is C9H15NO. The minimum absolute atomic E-state index is 0.470. The smallest absolute Gasteiger partial charge is 0.100 e. The van der Waals surface area contributed by atoms with Crippen molar-refractivity contribution in [1.82, 2.24) is 0 Å². The molecule has 0 atom stereocenters. The van der Waals surface area contributed by atoms with Crippen molar-refractivity contribution in [2.75, 3.05) is 6.61 Å². The third-order valence-corrected chi connectivity index (χ3v) is 1.25. The van der Waals surface area contributed by atoms with Crippen molar-refractivity contribution in [3.8, 4) is 6.07 Å². The molecule has 0 aromatic carbocycles. The Morgan fingerprint density at radius 1 is 1.55 bits per heavy atom. The molecule has 0 heterocycles. The first-order valence-electron chi connectivity index (χ1n) is 4.05. The maximum atomic E-state index is 8.15. The molecule has 0 spiro atoms. The van der Waals surface area contributed by atoms with Crippen molar-refractivity contribution in [3.63, 3.8) is 0 Å². The lowest BCUT2D eigenvalue weighted by Gasteiger charge is -1.93. The van der Waals surface area contributed by atoms with Gasteiger partial charge in [-0.05, 0) is 18.9 Å². The van der Waals surface area contributed by atoms with Gasteiger partial charge in [0.15, 0.2) is 0 Å². The van der Waals surface area contributed by atoms with E-state index in [1.54, 1.807) is 6.26 Å². The summed E-state index contributed by atoms with van der Waals surface area (Å²) in [6.45, 7) is 2.67. The van der Waals surface area contributed by atoms with Gasteiger partial charge in [0, 0.05) is 0 Å². The van der Waals surface area contributed by atoms with Gasteiger partial charge in [-0.1, -0.05) is 13.3 Å². The molecule has 0 unspecified atom stereocenters. The highest BCUT2D eigenvalue weighted by atomic mass is 16.5. The van der Waals surface area contributed by atoms with Crippen LogP contribution in [0.3, 0.4) is 0 Å². The van der Waals surface area contributed by atoms with E-state index in [9.17, 15) is 0 Å². The third kappa shape index (κ3) is 9.03. The molecule has 0 saturated carbocycles. The molecule has 2 nitrogen and oxygen atoms in total. The number of allylic oxidation sites excluding steroid dienone is 1. The van der Waals surface area contributed by atoms with Crippen LogP contribution in [-0.4, -0.2) is 6.61 Å². The van der Waals surface area contributed by atoms with Gasteiger partial charge in [0.05, 0.1) is 18.8 Å². The lowest BCUT2D eigenvalue weighted by atomic mass is 10.2. The molecule has 0 amide bonds. The number of ether oxygens (including phenoxy) is 1. The van der Waals surface area contributed by atoms with Gasteiger partial charge in [0.1, 0.15) is 6.61 Å². The van der Waals surface area contributed by atoms with Gasteiger partial charge in [0.2, 0.25) is 0 Å². The third-order valence-electron chi connectivity index (χ3n) is 1.25. The van der Waals surface area contributed by atoms with Gasteiger partial charge in [-0.2, -0.15) is 5.26 Å². The van der Waals surface area contributed by atoms with Crippen LogP contribution in [0.4, 0.5) is 0 Å². The second kappa shape index (κ2) is 9.03. The van der Waals surface area contributed by atoms with Gasteiger partial charge in [-0.25, -0.2) is 0 Å². The van der Waals surface area contributed by atoms with Crippen LogP contribution in [-0.2, 0) is 4.74 Å². The molecule has 0 bridgehead atoms. The van der Waals surface area contributed by atoms with Gasteiger partial charge in [-0.3, -0.25) is 0 Å². The lowest BCUT2D eigenvalue weighted by Crippen LogP contribution is -1.83. The van der Waals surface area contributed by atoms with Crippen molar-refractivity contribution >= 4 is 0 Å². The Morgan fingerprint density at radius 3 is 3.00 bits per heavy atom. The predicted molar refractivity (Wildman–Crippen MR) is 44.8 cm³/mol. The molecule has 0 rings (SSSR count). The van der Waals surface area contributed by atoms with Gasteiger partial charge < -0.3 is 4.74 Å². The molecule has 0 aliphatic carbocycles. The van der Waals surface area contributed by atoms with Crippen LogP contribution in [0.5, 0.6) is 0 Å². The molecule has 0 N–H and O–H groups in total. The molecule has 11 heavy (non-hydrogen) atoms. The fourth-order valence-electron chi connectivity index (χ4n) is 0.631. The van der Waals surface area contributed by atoms with Gasteiger partial charge >= 0.3 is 0 Å². The summed E-state index contributed by atoms with van der Waals surface area (Å²) in [5.41, 5.74) is 0. The maximum absolute atomic E-state index is 8.15. The van der Waals surface area contributed by atoms with Crippen LogP contribution in [0.1, 0.15) is 32.6 Å². The second-order valence-electron chi connectivity index (χ2n) is 2.29. The quantitative estimate of drug-likeness (QED) is 0.434. The Morgan fingerprint density at radius 2 is 2.36 bits per heavy atom. The molecule has 62 valence electrons. The number of hydrogen-bond donors (Lipinski definition) is 0. The average molecular weight is 153 g/mol. The standard InChI is InChI=1S/C9H15NO/c1-2-3-4-5-8-11-9-6-7-10/h5,8H,2-4,6,9H2,1H3/b8-5+. The van der Waals surface area contributed by atoms with E-state index in [4.69, 9.17) is 10.00 Å². The maximum Gasteiger partial charge on any atom is 0.100 e. The number of nitrogens with zero attached hydrogens (tertiary/aromatic N) is 1.